The number of pyridine rings is 1. The second-order valence-corrected chi connectivity index (χ2v) is 28.6. The van der Waals surface area contributed by atoms with Crippen molar-refractivity contribution in [3.8, 4) is 61.8 Å². The van der Waals surface area contributed by atoms with Gasteiger partial charge in [-0.05, 0) is 162 Å². The molecule has 0 amide bonds. The van der Waals surface area contributed by atoms with Crippen molar-refractivity contribution in [1.29, 1.82) is 0 Å². The lowest BCUT2D eigenvalue weighted by molar-refractivity contribution is 0.381. The molecule has 0 spiro atoms. The molecule has 1 aliphatic heterocycles. The van der Waals surface area contributed by atoms with E-state index in [9.17, 15) is 0 Å². The second kappa shape index (κ2) is 23.3. The van der Waals surface area contributed by atoms with Crippen molar-refractivity contribution in [3.63, 3.8) is 0 Å². The largest absolute Gasteiger partial charge is 0.457 e. The standard InChI is InChI=1S/C81H79F5N4O/c1-46(2)50-37-62(47(3)4)71(63(38-50)48(5)6)53-35-57(43-59(36-53)91-58-29-30-61-60-25-19-20-26-66(60)90(69(61)44-58)70-42-54(31-32-87-70)79(7,8)9)88-45-89(68-28-22-21-27-67(68)88)78-64(52-33-55(80(10,11)12)41-56(34-52)81(13,14)15)39-51(49-23-17-16-18-24-49)40-65(78)72-73(82)75(84)77(86)76(85)74(72)83/h16-44,46-48H,45H2,1-15H3. The van der Waals surface area contributed by atoms with Crippen LogP contribution in [0.2, 0.25) is 0 Å². The molecule has 0 bridgehead atoms. The van der Waals surface area contributed by atoms with Crippen LogP contribution in [0.4, 0.5) is 44.7 Å². The van der Waals surface area contributed by atoms with Gasteiger partial charge in [-0.25, -0.2) is 26.9 Å². The summed E-state index contributed by atoms with van der Waals surface area (Å²) in [6.45, 7) is 32.8. The SMILES string of the molecule is CC(C)c1cc(C(C)C)c(-c2cc(Oc3ccc4c5ccccc5n(-c5cc(C(C)(C)C)ccn5)c4c3)cc(N3CN(c4c(-c5cc(C(C)(C)C)cc(C(C)(C)C)c5)cc(-c5ccccc5)cc4-c4c(F)c(F)c(F)c(F)c4F)c4ccccc43)c2)c(C(C)C)c1. The highest BCUT2D eigenvalue weighted by Crippen LogP contribution is 2.54. The fourth-order valence-corrected chi connectivity index (χ4v) is 12.9. The number of ether oxygens (including phenoxy) is 1. The van der Waals surface area contributed by atoms with Crippen LogP contribution >= 0.6 is 0 Å². The van der Waals surface area contributed by atoms with Gasteiger partial charge in [0.25, 0.3) is 0 Å². The number of fused-ring (bicyclic) bond motifs is 4. The van der Waals surface area contributed by atoms with E-state index in [0.29, 0.717) is 39.4 Å². The summed E-state index contributed by atoms with van der Waals surface area (Å²) in [5, 5.41) is 2.13. The third kappa shape index (κ3) is 11.5. The van der Waals surface area contributed by atoms with Crippen molar-refractivity contribution in [1.82, 2.24) is 9.55 Å². The van der Waals surface area contributed by atoms with Crippen LogP contribution in [0.1, 0.15) is 155 Å². The van der Waals surface area contributed by atoms with Gasteiger partial charge in [0, 0.05) is 45.9 Å². The third-order valence-electron chi connectivity index (χ3n) is 18.0. The molecule has 464 valence electrons. The van der Waals surface area contributed by atoms with Crippen LogP contribution in [0.3, 0.4) is 0 Å². The molecule has 0 saturated heterocycles. The van der Waals surface area contributed by atoms with Crippen molar-refractivity contribution >= 4 is 44.6 Å². The zero-order valence-electron chi connectivity index (χ0n) is 54.8. The monoisotopic (exact) mass is 1220 g/mol. The van der Waals surface area contributed by atoms with Gasteiger partial charge in [0.2, 0.25) is 5.82 Å². The zero-order valence-corrected chi connectivity index (χ0v) is 54.8. The van der Waals surface area contributed by atoms with Crippen molar-refractivity contribution < 1.29 is 26.7 Å². The topological polar surface area (TPSA) is 33.5 Å². The molecular weight excluding hydrogens is 1140 g/mol. The smallest absolute Gasteiger partial charge is 0.200 e. The summed E-state index contributed by atoms with van der Waals surface area (Å²) >= 11 is 0. The third-order valence-corrected chi connectivity index (χ3v) is 18.0. The van der Waals surface area contributed by atoms with E-state index < -0.39 is 34.6 Å². The van der Waals surface area contributed by atoms with Gasteiger partial charge in [-0.3, -0.25) is 4.57 Å². The predicted molar refractivity (Wildman–Crippen MR) is 367 cm³/mol. The summed E-state index contributed by atoms with van der Waals surface area (Å²) in [5.41, 5.74) is 13.6. The Morgan fingerprint density at radius 2 is 0.978 bits per heavy atom. The van der Waals surface area contributed by atoms with E-state index >= 15 is 22.0 Å². The molecule has 0 fully saturated rings. The maximum absolute atomic E-state index is 17.1. The summed E-state index contributed by atoms with van der Waals surface area (Å²) in [7, 11) is 0. The Bertz CT molecular complexity index is 4560. The van der Waals surface area contributed by atoms with Gasteiger partial charge in [0.1, 0.15) is 24.0 Å². The highest BCUT2D eigenvalue weighted by Gasteiger charge is 2.37. The van der Waals surface area contributed by atoms with Crippen LogP contribution in [0.5, 0.6) is 11.5 Å². The van der Waals surface area contributed by atoms with Crippen molar-refractivity contribution in [2.24, 2.45) is 0 Å². The first-order chi connectivity index (χ1) is 43.1. The number of para-hydroxylation sites is 3. The van der Waals surface area contributed by atoms with Crippen molar-refractivity contribution in [2.75, 3.05) is 16.5 Å². The summed E-state index contributed by atoms with van der Waals surface area (Å²) in [5.74, 6) is -7.66. The molecule has 5 nitrogen and oxygen atoms in total. The van der Waals surface area contributed by atoms with Gasteiger partial charge in [0.15, 0.2) is 23.3 Å². The maximum Gasteiger partial charge on any atom is 0.200 e. The van der Waals surface area contributed by atoms with Crippen molar-refractivity contribution in [3.05, 3.63) is 239 Å². The summed E-state index contributed by atoms with van der Waals surface area (Å²) in [6.07, 6.45) is 1.87. The molecule has 0 aliphatic carbocycles. The average Bonchev–Trinajstić information content (AvgIpc) is 1.72. The zero-order chi connectivity index (χ0) is 64.9. The molecule has 10 heteroatoms. The minimum atomic E-state index is -2.23. The maximum atomic E-state index is 17.1. The number of hydrogen-bond acceptors (Lipinski definition) is 4. The van der Waals surface area contributed by atoms with Gasteiger partial charge in [-0.2, -0.15) is 0 Å². The van der Waals surface area contributed by atoms with Gasteiger partial charge in [-0.1, -0.05) is 195 Å². The Morgan fingerprint density at radius 3 is 1.58 bits per heavy atom. The molecule has 9 aromatic carbocycles. The van der Waals surface area contributed by atoms with E-state index in [1.54, 1.807) is 6.07 Å². The predicted octanol–water partition coefficient (Wildman–Crippen LogP) is 23.8. The lowest BCUT2D eigenvalue weighted by Crippen LogP contribution is -2.25. The van der Waals surface area contributed by atoms with Crippen molar-refractivity contribution in [2.45, 2.75) is 138 Å². The number of halogens is 5. The van der Waals surface area contributed by atoms with Gasteiger partial charge < -0.3 is 14.5 Å². The molecule has 0 radical (unpaired) electrons. The van der Waals surface area contributed by atoms with E-state index in [1.807, 2.05) is 90.0 Å². The normalized spacial score (nSPS) is 13.0. The van der Waals surface area contributed by atoms with Gasteiger partial charge >= 0.3 is 0 Å². The van der Waals surface area contributed by atoms with E-state index in [2.05, 4.69) is 198 Å². The van der Waals surface area contributed by atoms with E-state index in [0.717, 1.165) is 66.8 Å². The minimum Gasteiger partial charge on any atom is -0.457 e. The number of rotatable bonds is 12. The number of aromatic nitrogens is 2. The van der Waals surface area contributed by atoms with E-state index in [-0.39, 0.29) is 51.9 Å². The summed E-state index contributed by atoms with van der Waals surface area (Å²) < 4.78 is 91.1. The van der Waals surface area contributed by atoms with Crippen LogP contribution < -0.4 is 14.5 Å². The fraction of sp³-hybridized carbons (Fsp3) is 0.272. The molecule has 11 aromatic rings. The average molecular weight is 1220 g/mol. The molecule has 12 rings (SSSR count). The fourth-order valence-electron chi connectivity index (χ4n) is 12.9. The quantitative estimate of drug-likeness (QED) is 0.0693. The van der Waals surface area contributed by atoms with Gasteiger partial charge in [0.05, 0.1) is 33.7 Å². The lowest BCUT2D eigenvalue weighted by Gasteiger charge is -2.30. The molecule has 3 heterocycles. The lowest BCUT2D eigenvalue weighted by atomic mass is 9.78. The molecule has 91 heavy (non-hydrogen) atoms. The summed E-state index contributed by atoms with van der Waals surface area (Å²) in [4.78, 5) is 9.07. The Labute approximate surface area is 532 Å². The molecule has 0 N–H and O–H groups in total. The van der Waals surface area contributed by atoms with Crippen LogP contribution in [0.25, 0.3) is 72.1 Å². The Hall–Kier alpha value is -9.02. The Balaban J connectivity index is 1.12. The second-order valence-electron chi connectivity index (χ2n) is 28.6. The van der Waals surface area contributed by atoms with Crippen LogP contribution in [0, 0.1) is 29.1 Å². The first-order valence-electron chi connectivity index (χ1n) is 31.6. The first kappa shape index (κ1) is 62.2. The highest BCUT2D eigenvalue weighted by atomic mass is 19.2. The number of anilines is 4. The summed E-state index contributed by atoms with van der Waals surface area (Å²) in [6, 6.07) is 56.9. The Kier molecular flexibility index (Phi) is 15.9. The number of benzene rings is 9. The highest BCUT2D eigenvalue weighted by molar-refractivity contribution is 6.09. The molecule has 0 saturated carbocycles. The van der Waals surface area contributed by atoms with Crippen LogP contribution in [0.15, 0.2) is 176 Å². The van der Waals surface area contributed by atoms with Crippen LogP contribution in [-0.2, 0) is 16.2 Å². The minimum absolute atomic E-state index is 0.0421. The van der Waals surface area contributed by atoms with Crippen LogP contribution in [-0.4, -0.2) is 16.2 Å². The molecule has 2 aromatic heterocycles. The molecule has 0 unspecified atom stereocenters. The molecule has 1 aliphatic rings. The van der Waals surface area contributed by atoms with Gasteiger partial charge in [-0.15, -0.1) is 0 Å². The Morgan fingerprint density at radius 1 is 0.418 bits per heavy atom. The number of nitrogens with zero attached hydrogens (tertiary/aromatic N) is 4. The van der Waals surface area contributed by atoms with E-state index in [4.69, 9.17) is 9.72 Å². The molecular formula is C81H79F5N4O. The molecule has 0 atom stereocenters. The van der Waals surface area contributed by atoms with E-state index in [1.165, 1.54) is 16.7 Å². The number of hydrogen-bond donors (Lipinski definition) is 0. The first-order valence-corrected chi connectivity index (χ1v) is 31.6.